The van der Waals surface area contributed by atoms with Gasteiger partial charge in [0.1, 0.15) is 0 Å². The number of nitrogens with one attached hydrogen (secondary N) is 1. The SMILES string of the molecule is CCc1ccc(C(NC)c2ccc(C(C)(C)C)s2)cc1. The average Bonchev–Trinajstić information content (AvgIpc) is 2.90. The first-order chi connectivity index (χ1) is 9.45. The smallest absolute Gasteiger partial charge is 0.0668 e. The number of benzene rings is 1. The van der Waals surface area contributed by atoms with Crippen molar-refractivity contribution in [1.29, 1.82) is 0 Å². The lowest BCUT2D eigenvalue weighted by Crippen LogP contribution is -2.16. The van der Waals surface area contributed by atoms with E-state index in [0.29, 0.717) is 6.04 Å². The molecule has 0 saturated heterocycles. The van der Waals surface area contributed by atoms with Crippen LogP contribution < -0.4 is 5.32 Å². The molecule has 0 aliphatic carbocycles. The molecule has 2 aromatic rings. The van der Waals surface area contributed by atoms with E-state index >= 15 is 0 Å². The van der Waals surface area contributed by atoms with Crippen molar-refractivity contribution in [2.75, 3.05) is 7.05 Å². The third-order valence-electron chi connectivity index (χ3n) is 3.66. The number of thiophene rings is 1. The molecule has 1 aromatic carbocycles. The third kappa shape index (κ3) is 3.31. The molecule has 0 radical (unpaired) electrons. The van der Waals surface area contributed by atoms with Gasteiger partial charge in [0.25, 0.3) is 0 Å². The van der Waals surface area contributed by atoms with Crippen LogP contribution in [0.4, 0.5) is 0 Å². The van der Waals surface area contributed by atoms with Gasteiger partial charge in [0.05, 0.1) is 6.04 Å². The number of hydrogen-bond acceptors (Lipinski definition) is 2. The molecule has 0 spiro atoms. The quantitative estimate of drug-likeness (QED) is 0.842. The second kappa shape index (κ2) is 6.11. The molecule has 1 nitrogen and oxygen atoms in total. The Balaban J connectivity index is 2.29. The van der Waals surface area contributed by atoms with Gasteiger partial charge in [-0.05, 0) is 42.1 Å². The van der Waals surface area contributed by atoms with E-state index in [1.807, 2.05) is 18.4 Å². The molecule has 1 aromatic heterocycles. The summed E-state index contributed by atoms with van der Waals surface area (Å²) < 4.78 is 0. The van der Waals surface area contributed by atoms with Crippen LogP contribution in [0.5, 0.6) is 0 Å². The molecule has 1 atom stereocenters. The summed E-state index contributed by atoms with van der Waals surface area (Å²) in [7, 11) is 2.04. The minimum Gasteiger partial charge on any atom is -0.309 e. The van der Waals surface area contributed by atoms with Crippen LogP contribution in [-0.4, -0.2) is 7.05 Å². The summed E-state index contributed by atoms with van der Waals surface area (Å²) in [6.07, 6.45) is 1.09. The summed E-state index contributed by atoms with van der Waals surface area (Å²) >= 11 is 1.91. The van der Waals surface area contributed by atoms with Crippen LogP contribution in [0.15, 0.2) is 36.4 Å². The molecular weight excluding hydrogens is 262 g/mol. The van der Waals surface area contributed by atoms with E-state index in [1.165, 1.54) is 20.9 Å². The first-order valence-electron chi connectivity index (χ1n) is 7.32. The molecule has 108 valence electrons. The van der Waals surface area contributed by atoms with Gasteiger partial charge in [-0.1, -0.05) is 52.0 Å². The average molecular weight is 287 g/mol. The summed E-state index contributed by atoms with van der Waals surface area (Å²) in [6.45, 7) is 9.01. The summed E-state index contributed by atoms with van der Waals surface area (Å²) in [6, 6.07) is 13.8. The number of hydrogen-bond donors (Lipinski definition) is 1. The zero-order valence-electron chi connectivity index (χ0n) is 13.2. The maximum atomic E-state index is 3.45. The van der Waals surface area contributed by atoms with Gasteiger partial charge in [-0.3, -0.25) is 0 Å². The van der Waals surface area contributed by atoms with E-state index in [9.17, 15) is 0 Å². The maximum Gasteiger partial charge on any atom is 0.0668 e. The van der Waals surface area contributed by atoms with Gasteiger partial charge >= 0.3 is 0 Å². The van der Waals surface area contributed by atoms with Crippen molar-refractivity contribution in [3.05, 3.63) is 57.3 Å². The van der Waals surface area contributed by atoms with E-state index in [1.54, 1.807) is 0 Å². The lowest BCUT2D eigenvalue weighted by molar-refractivity contribution is 0.604. The Kier molecular flexibility index (Phi) is 4.66. The number of rotatable bonds is 4. The Hall–Kier alpha value is -1.12. The van der Waals surface area contributed by atoms with Crippen LogP contribution >= 0.6 is 11.3 Å². The first kappa shape index (κ1) is 15.3. The first-order valence-corrected chi connectivity index (χ1v) is 8.13. The molecule has 0 fully saturated rings. The van der Waals surface area contributed by atoms with Crippen LogP contribution in [0.1, 0.15) is 54.6 Å². The lowest BCUT2D eigenvalue weighted by Gasteiger charge is -2.17. The van der Waals surface area contributed by atoms with Gasteiger partial charge in [-0.15, -0.1) is 11.3 Å². The summed E-state index contributed by atoms with van der Waals surface area (Å²) in [5.41, 5.74) is 2.96. The zero-order chi connectivity index (χ0) is 14.8. The van der Waals surface area contributed by atoms with Gasteiger partial charge in [0.15, 0.2) is 0 Å². The van der Waals surface area contributed by atoms with E-state index in [2.05, 4.69) is 69.4 Å². The van der Waals surface area contributed by atoms with Gasteiger partial charge in [-0.2, -0.15) is 0 Å². The lowest BCUT2D eigenvalue weighted by atomic mass is 9.95. The van der Waals surface area contributed by atoms with Crippen LogP contribution in [-0.2, 0) is 11.8 Å². The highest BCUT2D eigenvalue weighted by Crippen LogP contribution is 2.34. The fourth-order valence-electron chi connectivity index (χ4n) is 2.33. The molecule has 0 bridgehead atoms. The minimum absolute atomic E-state index is 0.229. The summed E-state index contributed by atoms with van der Waals surface area (Å²) in [4.78, 5) is 2.83. The highest BCUT2D eigenvalue weighted by atomic mass is 32.1. The molecule has 1 N–H and O–H groups in total. The fraction of sp³-hybridized carbons (Fsp3) is 0.444. The van der Waals surface area contributed by atoms with Crippen molar-refractivity contribution in [2.45, 2.75) is 45.6 Å². The van der Waals surface area contributed by atoms with E-state index < -0.39 is 0 Å². The van der Waals surface area contributed by atoms with E-state index in [4.69, 9.17) is 0 Å². The van der Waals surface area contributed by atoms with Gasteiger partial charge in [0, 0.05) is 9.75 Å². The number of aryl methyl sites for hydroxylation is 1. The molecule has 0 aliphatic heterocycles. The maximum absolute atomic E-state index is 3.45. The van der Waals surface area contributed by atoms with Gasteiger partial charge < -0.3 is 5.32 Å². The molecular formula is C18H25NS. The predicted molar refractivity (Wildman–Crippen MR) is 89.7 cm³/mol. The van der Waals surface area contributed by atoms with E-state index in [0.717, 1.165) is 6.42 Å². The van der Waals surface area contributed by atoms with Crippen molar-refractivity contribution in [3.8, 4) is 0 Å². The fourth-order valence-corrected chi connectivity index (χ4v) is 3.53. The molecule has 2 heteroatoms. The molecule has 0 amide bonds. The largest absolute Gasteiger partial charge is 0.309 e. The van der Waals surface area contributed by atoms with Crippen molar-refractivity contribution >= 4 is 11.3 Å². The van der Waals surface area contributed by atoms with Crippen molar-refractivity contribution < 1.29 is 0 Å². The molecule has 1 heterocycles. The topological polar surface area (TPSA) is 12.0 Å². The van der Waals surface area contributed by atoms with Crippen molar-refractivity contribution in [2.24, 2.45) is 0 Å². The monoisotopic (exact) mass is 287 g/mol. The van der Waals surface area contributed by atoms with Crippen LogP contribution in [0.2, 0.25) is 0 Å². The van der Waals surface area contributed by atoms with Crippen molar-refractivity contribution in [1.82, 2.24) is 5.32 Å². The zero-order valence-corrected chi connectivity index (χ0v) is 14.0. The van der Waals surface area contributed by atoms with E-state index in [-0.39, 0.29) is 5.41 Å². The molecule has 2 rings (SSSR count). The second-order valence-electron chi connectivity index (χ2n) is 6.27. The Bertz CT molecular complexity index is 546. The molecule has 20 heavy (non-hydrogen) atoms. The Morgan fingerprint density at radius 1 is 1.05 bits per heavy atom. The summed E-state index contributed by atoms with van der Waals surface area (Å²) in [5.74, 6) is 0. The van der Waals surface area contributed by atoms with Crippen LogP contribution in [0.25, 0.3) is 0 Å². The second-order valence-corrected chi connectivity index (χ2v) is 7.38. The molecule has 1 unspecified atom stereocenters. The Labute approximate surface area is 127 Å². The normalized spacial score (nSPS) is 13.4. The molecule has 0 saturated carbocycles. The van der Waals surface area contributed by atoms with Crippen LogP contribution in [0, 0.1) is 0 Å². The predicted octanol–water partition coefficient (Wildman–Crippen LogP) is 4.92. The summed E-state index contributed by atoms with van der Waals surface area (Å²) in [5, 5.41) is 3.45. The Morgan fingerprint density at radius 2 is 1.70 bits per heavy atom. The third-order valence-corrected chi connectivity index (χ3v) is 5.24. The van der Waals surface area contributed by atoms with Gasteiger partial charge in [-0.25, -0.2) is 0 Å². The minimum atomic E-state index is 0.229. The molecule has 0 aliphatic rings. The highest BCUT2D eigenvalue weighted by Gasteiger charge is 2.20. The standard InChI is InChI=1S/C18H25NS/c1-6-13-7-9-14(10-8-13)17(19-5)15-11-12-16(20-15)18(2,3)4/h7-12,17,19H,6H2,1-5H3. The van der Waals surface area contributed by atoms with Crippen molar-refractivity contribution in [3.63, 3.8) is 0 Å². The Morgan fingerprint density at radius 3 is 2.15 bits per heavy atom. The highest BCUT2D eigenvalue weighted by molar-refractivity contribution is 7.12. The van der Waals surface area contributed by atoms with Crippen LogP contribution in [0.3, 0.4) is 0 Å². The van der Waals surface area contributed by atoms with Gasteiger partial charge in [0.2, 0.25) is 0 Å².